The van der Waals surface area contributed by atoms with Gasteiger partial charge in [0.25, 0.3) is 0 Å². The van der Waals surface area contributed by atoms with Gasteiger partial charge >= 0.3 is 11.9 Å². The van der Waals surface area contributed by atoms with Crippen LogP contribution in [0.3, 0.4) is 0 Å². The third-order valence-electron chi connectivity index (χ3n) is 2.82. The molecule has 1 aliphatic rings. The molecule has 0 aromatic rings. The van der Waals surface area contributed by atoms with Crippen LogP contribution < -0.4 is 0 Å². The molecular weight excluding hydrogens is 244 g/mol. The highest BCUT2D eigenvalue weighted by Gasteiger charge is 2.29. The lowest BCUT2D eigenvalue weighted by atomic mass is 9.95. The number of rotatable bonds is 6. The number of esters is 2. The first-order valence-electron chi connectivity index (χ1n) is 6.91. The molecule has 19 heavy (non-hydrogen) atoms. The van der Waals surface area contributed by atoms with Crippen molar-refractivity contribution >= 4 is 11.9 Å². The van der Waals surface area contributed by atoms with Gasteiger partial charge in [0.2, 0.25) is 0 Å². The lowest BCUT2D eigenvalue weighted by molar-refractivity contribution is -0.150. The number of hydrogen-bond acceptors (Lipinski definition) is 4. The highest BCUT2D eigenvalue weighted by Crippen LogP contribution is 2.23. The Morgan fingerprint density at radius 3 is 2.58 bits per heavy atom. The molecule has 1 atom stereocenters. The lowest BCUT2D eigenvalue weighted by Gasteiger charge is -2.16. The Hall–Kier alpha value is -1.58. The zero-order valence-corrected chi connectivity index (χ0v) is 11.7. The Balaban J connectivity index is 2.75. The fraction of sp³-hybridized carbons (Fsp3) is 0.600. The molecule has 1 rings (SSSR count). The van der Waals surface area contributed by atoms with E-state index in [2.05, 4.69) is 0 Å². The predicted octanol–water partition coefficient (Wildman–Crippen LogP) is 2.79. The van der Waals surface area contributed by atoms with Crippen LogP contribution in [0.2, 0.25) is 0 Å². The first-order chi connectivity index (χ1) is 9.20. The van der Waals surface area contributed by atoms with Crippen LogP contribution >= 0.6 is 0 Å². The van der Waals surface area contributed by atoms with Crippen molar-refractivity contribution in [3.63, 3.8) is 0 Å². The van der Waals surface area contributed by atoms with E-state index in [9.17, 15) is 9.59 Å². The molecule has 0 fully saturated rings. The van der Waals surface area contributed by atoms with E-state index >= 15 is 0 Å². The van der Waals surface area contributed by atoms with Gasteiger partial charge < -0.3 is 9.47 Å². The number of hydrogen-bond donors (Lipinski definition) is 0. The number of ether oxygens (including phenoxy) is 2. The van der Waals surface area contributed by atoms with Crippen molar-refractivity contribution in [1.29, 1.82) is 0 Å². The van der Waals surface area contributed by atoms with Crippen molar-refractivity contribution in [2.75, 3.05) is 13.2 Å². The average molecular weight is 266 g/mol. The summed E-state index contributed by atoms with van der Waals surface area (Å²) < 4.78 is 10.3. The summed E-state index contributed by atoms with van der Waals surface area (Å²) in [6.45, 7) is 4.63. The summed E-state index contributed by atoms with van der Waals surface area (Å²) in [4.78, 5) is 24.0. The van der Waals surface area contributed by atoms with Gasteiger partial charge in [0.1, 0.15) is 0 Å². The fourth-order valence-electron chi connectivity index (χ4n) is 1.84. The van der Waals surface area contributed by atoms with E-state index in [1.54, 1.807) is 12.2 Å². The maximum atomic E-state index is 12.0. The van der Waals surface area contributed by atoms with Crippen LogP contribution in [0.5, 0.6) is 0 Å². The van der Waals surface area contributed by atoms with Gasteiger partial charge in [-0.1, -0.05) is 32.1 Å². The number of allylic oxidation sites excluding steroid dienone is 3. The Bertz CT molecular complexity index is 368. The van der Waals surface area contributed by atoms with Gasteiger partial charge in [-0.2, -0.15) is 0 Å². The minimum Gasteiger partial charge on any atom is -0.465 e. The van der Waals surface area contributed by atoms with Crippen molar-refractivity contribution in [2.45, 2.75) is 39.5 Å². The van der Waals surface area contributed by atoms with Gasteiger partial charge in [-0.15, -0.1) is 0 Å². The molecule has 4 nitrogen and oxygen atoms in total. The van der Waals surface area contributed by atoms with Gasteiger partial charge in [-0.05, 0) is 25.7 Å². The lowest BCUT2D eigenvalue weighted by Crippen LogP contribution is -2.25. The molecular formula is C15H22O4. The molecule has 106 valence electrons. The molecule has 0 spiro atoms. The zero-order chi connectivity index (χ0) is 14.1. The Morgan fingerprint density at radius 2 is 1.89 bits per heavy atom. The normalized spacial score (nSPS) is 18.4. The topological polar surface area (TPSA) is 52.6 Å². The van der Waals surface area contributed by atoms with E-state index in [4.69, 9.17) is 9.47 Å². The molecule has 0 amide bonds. The second kappa shape index (κ2) is 8.51. The smallest absolute Gasteiger partial charge is 0.334 e. The molecule has 0 aliphatic heterocycles. The van der Waals surface area contributed by atoms with E-state index in [1.807, 2.05) is 19.9 Å². The minimum absolute atomic E-state index is 0.328. The van der Waals surface area contributed by atoms with Gasteiger partial charge in [-0.25, -0.2) is 4.79 Å². The van der Waals surface area contributed by atoms with E-state index in [0.29, 0.717) is 25.2 Å². The van der Waals surface area contributed by atoms with Gasteiger partial charge in [0.05, 0.1) is 24.7 Å². The standard InChI is InChI=1S/C15H22O4/c1-3-10-18-14(16)12-8-6-5-7-9-13(12)15(17)19-11-4-2/h5-6,8,13H,3-4,7,9-11H2,1-2H3. The molecule has 1 aliphatic carbocycles. The highest BCUT2D eigenvalue weighted by molar-refractivity contribution is 5.96. The largest absolute Gasteiger partial charge is 0.465 e. The summed E-state index contributed by atoms with van der Waals surface area (Å²) in [6, 6.07) is 0. The summed E-state index contributed by atoms with van der Waals surface area (Å²) in [7, 11) is 0. The number of carbonyl (C=O) groups excluding carboxylic acids is 2. The van der Waals surface area contributed by atoms with Crippen LogP contribution in [0, 0.1) is 5.92 Å². The first kappa shape index (κ1) is 15.5. The third kappa shape index (κ3) is 4.89. The summed E-state index contributed by atoms with van der Waals surface area (Å²) in [6.07, 6.45) is 8.30. The molecule has 0 aromatic heterocycles. The van der Waals surface area contributed by atoms with Crippen LogP contribution in [-0.2, 0) is 19.1 Å². The minimum atomic E-state index is -0.508. The average Bonchev–Trinajstić information content (AvgIpc) is 2.67. The van der Waals surface area contributed by atoms with Crippen molar-refractivity contribution in [3.8, 4) is 0 Å². The summed E-state index contributed by atoms with van der Waals surface area (Å²) in [5, 5.41) is 0. The molecule has 0 saturated heterocycles. The highest BCUT2D eigenvalue weighted by atomic mass is 16.5. The number of carbonyl (C=O) groups is 2. The van der Waals surface area contributed by atoms with E-state index < -0.39 is 11.9 Å². The van der Waals surface area contributed by atoms with Gasteiger partial charge in [0.15, 0.2) is 0 Å². The van der Waals surface area contributed by atoms with Gasteiger partial charge in [-0.3, -0.25) is 4.79 Å². The van der Waals surface area contributed by atoms with Crippen LogP contribution in [0.1, 0.15) is 39.5 Å². The molecule has 0 radical (unpaired) electrons. The molecule has 4 heteroatoms. The Kier molecular flexibility index (Phi) is 6.93. The van der Waals surface area contributed by atoms with Crippen LogP contribution in [0.25, 0.3) is 0 Å². The molecule has 0 heterocycles. The molecule has 0 aromatic carbocycles. The molecule has 0 saturated carbocycles. The Morgan fingerprint density at radius 1 is 1.21 bits per heavy atom. The van der Waals surface area contributed by atoms with Crippen molar-refractivity contribution in [1.82, 2.24) is 0 Å². The van der Waals surface area contributed by atoms with Crippen molar-refractivity contribution in [2.24, 2.45) is 5.92 Å². The first-order valence-corrected chi connectivity index (χ1v) is 6.91. The molecule has 0 N–H and O–H groups in total. The van der Waals surface area contributed by atoms with Crippen LogP contribution in [0.4, 0.5) is 0 Å². The van der Waals surface area contributed by atoms with Crippen LogP contribution in [-0.4, -0.2) is 25.2 Å². The summed E-state index contributed by atoms with van der Waals surface area (Å²) in [5.74, 6) is -1.25. The van der Waals surface area contributed by atoms with E-state index in [-0.39, 0.29) is 5.97 Å². The molecule has 0 bridgehead atoms. The zero-order valence-electron chi connectivity index (χ0n) is 11.7. The van der Waals surface area contributed by atoms with Gasteiger partial charge in [0, 0.05) is 0 Å². The predicted molar refractivity (Wildman–Crippen MR) is 72.4 cm³/mol. The summed E-state index contributed by atoms with van der Waals surface area (Å²) in [5.41, 5.74) is 0.406. The Labute approximate surface area is 114 Å². The second-order valence-electron chi connectivity index (χ2n) is 4.48. The van der Waals surface area contributed by atoms with E-state index in [1.165, 1.54) is 0 Å². The third-order valence-corrected chi connectivity index (χ3v) is 2.82. The maximum Gasteiger partial charge on any atom is 0.334 e. The second-order valence-corrected chi connectivity index (χ2v) is 4.48. The van der Waals surface area contributed by atoms with Crippen LogP contribution in [0.15, 0.2) is 23.8 Å². The molecule has 1 unspecified atom stereocenters. The van der Waals surface area contributed by atoms with E-state index in [0.717, 1.165) is 19.3 Å². The van der Waals surface area contributed by atoms with Crippen molar-refractivity contribution in [3.05, 3.63) is 23.8 Å². The summed E-state index contributed by atoms with van der Waals surface area (Å²) >= 11 is 0. The SMILES string of the molecule is CCCOC(=O)C1=CC=CCCC1C(=O)OCCC. The monoisotopic (exact) mass is 266 g/mol. The fourth-order valence-corrected chi connectivity index (χ4v) is 1.84. The quantitative estimate of drug-likeness (QED) is 0.694. The van der Waals surface area contributed by atoms with Crippen molar-refractivity contribution < 1.29 is 19.1 Å². The maximum absolute atomic E-state index is 12.0.